The summed E-state index contributed by atoms with van der Waals surface area (Å²) < 4.78 is 17.5. The maximum atomic E-state index is 6.39. The Balaban J connectivity index is 1.59. The van der Waals surface area contributed by atoms with Gasteiger partial charge in [0.1, 0.15) is 11.9 Å². The quantitative estimate of drug-likeness (QED) is 0.596. The molecule has 3 heteroatoms. The van der Waals surface area contributed by atoms with Gasteiger partial charge in [-0.2, -0.15) is 0 Å². The summed E-state index contributed by atoms with van der Waals surface area (Å²) in [5.74, 6) is 2.44. The maximum Gasteiger partial charge on any atom is 0.168 e. The Bertz CT molecular complexity index is 918. The van der Waals surface area contributed by atoms with E-state index in [4.69, 9.17) is 14.2 Å². The van der Waals surface area contributed by atoms with Gasteiger partial charge in [-0.05, 0) is 30.0 Å². The Morgan fingerprint density at radius 1 is 0.852 bits per heavy atom. The molecule has 0 saturated carbocycles. The van der Waals surface area contributed by atoms with Crippen molar-refractivity contribution in [2.45, 2.75) is 25.4 Å². The molecule has 3 nitrogen and oxygen atoms in total. The second-order valence-electron chi connectivity index (χ2n) is 6.80. The van der Waals surface area contributed by atoms with Crippen LogP contribution in [0, 0.1) is 0 Å². The van der Waals surface area contributed by atoms with Crippen molar-refractivity contribution in [2.24, 2.45) is 0 Å². The van der Waals surface area contributed by atoms with Crippen LogP contribution >= 0.6 is 0 Å². The number of hydrogen-bond acceptors (Lipinski definition) is 3. The van der Waals surface area contributed by atoms with Crippen LogP contribution in [-0.2, 0) is 12.8 Å². The molecule has 0 saturated heterocycles. The van der Waals surface area contributed by atoms with Crippen LogP contribution in [0.5, 0.6) is 17.2 Å². The van der Waals surface area contributed by atoms with E-state index < -0.39 is 0 Å². The summed E-state index contributed by atoms with van der Waals surface area (Å²) in [5, 5.41) is 0. The number of ether oxygens (including phenoxy) is 3. The Hall–Kier alpha value is -2.94. The van der Waals surface area contributed by atoms with E-state index >= 15 is 0 Å². The first-order chi connectivity index (χ1) is 13.3. The van der Waals surface area contributed by atoms with Gasteiger partial charge in [0, 0.05) is 17.5 Å². The first-order valence-electron chi connectivity index (χ1n) is 9.34. The van der Waals surface area contributed by atoms with E-state index in [0.717, 1.165) is 47.6 Å². The number of benzene rings is 3. The third kappa shape index (κ3) is 3.50. The van der Waals surface area contributed by atoms with Gasteiger partial charge in [0.15, 0.2) is 11.5 Å². The van der Waals surface area contributed by atoms with Gasteiger partial charge < -0.3 is 14.2 Å². The van der Waals surface area contributed by atoms with Crippen molar-refractivity contribution in [3.63, 3.8) is 0 Å². The molecule has 3 aromatic carbocycles. The summed E-state index contributed by atoms with van der Waals surface area (Å²) >= 11 is 0. The Morgan fingerprint density at radius 2 is 1.63 bits per heavy atom. The molecule has 0 spiro atoms. The van der Waals surface area contributed by atoms with Gasteiger partial charge in [-0.25, -0.2) is 0 Å². The van der Waals surface area contributed by atoms with Gasteiger partial charge in [-0.1, -0.05) is 60.7 Å². The predicted molar refractivity (Wildman–Crippen MR) is 108 cm³/mol. The minimum absolute atomic E-state index is 0.206. The zero-order valence-electron chi connectivity index (χ0n) is 15.8. The third-order valence-electron chi connectivity index (χ3n) is 5.12. The monoisotopic (exact) mass is 360 g/mol. The second kappa shape index (κ2) is 7.75. The summed E-state index contributed by atoms with van der Waals surface area (Å²) in [6.45, 7) is 0. The lowest BCUT2D eigenvalue weighted by molar-refractivity contribution is 0.222. The minimum atomic E-state index is 0.206. The summed E-state index contributed by atoms with van der Waals surface area (Å²) in [5.41, 5.74) is 4.67. The number of methoxy groups -OCH3 is 2. The molecule has 0 amide bonds. The van der Waals surface area contributed by atoms with Crippen molar-refractivity contribution in [3.8, 4) is 28.4 Å². The van der Waals surface area contributed by atoms with E-state index in [1.807, 2.05) is 12.1 Å². The molecule has 3 aromatic rings. The van der Waals surface area contributed by atoms with E-state index in [0.29, 0.717) is 0 Å². The zero-order chi connectivity index (χ0) is 18.6. The molecule has 1 aliphatic rings. The Morgan fingerprint density at radius 3 is 2.41 bits per heavy atom. The standard InChI is InChI=1S/C24H24O3/c1-25-22-13-7-12-21(24(22)26-2)20-11-6-10-18-16-19(27-23(18)20)15-14-17-8-4-3-5-9-17/h3-13,19H,14-16H2,1-2H3. The van der Waals surface area contributed by atoms with Crippen LogP contribution in [0.1, 0.15) is 17.5 Å². The SMILES string of the molecule is COc1cccc(-c2cccc3c2OC(CCc2ccccc2)C3)c1OC. The molecule has 0 bridgehead atoms. The normalized spacial score (nSPS) is 15.1. The van der Waals surface area contributed by atoms with Crippen LogP contribution in [0.3, 0.4) is 0 Å². The van der Waals surface area contributed by atoms with E-state index in [1.165, 1.54) is 11.1 Å². The van der Waals surface area contributed by atoms with Crippen LogP contribution in [0.25, 0.3) is 11.1 Å². The average molecular weight is 360 g/mol. The smallest absolute Gasteiger partial charge is 0.168 e. The molecule has 138 valence electrons. The van der Waals surface area contributed by atoms with Crippen molar-refractivity contribution in [1.82, 2.24) is 0 Å². The van der Waals surface area contributed by atoms with Crippen LogP contribution in [0.4, 0.5) is 0 Å². The lowest BCUT2D eigenvalue weighted by Gasteiger charge is -2.16. The van der Waals surface area contributed by atoms with E-state index in [1.54, 1.807) is 14.2 Å². The number of fused-ring (bicyclic) bond motifs is 1. The van der Waals surface area contributed by atoms with E-state index in [9.17, 15) is 0 Å². The van der Waals surface area contributed by atoms with Crippen LogP contribution < -0.4 is 14.2 Å². The highest BCUT2D eigenvalue weighted by molar-refractivity contribution is 5.80. The van der Waals surface area contributed by atoms with Crippen molar-refractivity contribution in [2.75, 3.05) is 14.2 Å². The third-order valence-corrected chi connectivity index (χ3v) is 5.12. The summed E-state index contributed by atoms with van der Waals surface area (Å²) in [6.07, 6.45) is 3.19. The molecule has 1 heterocycles. The average Bonchev–Trinajstić information content (AvgIpc) is 3.15. The highest BCUT2D eigenvalue weighted by atomic mass is 16.5. The molecule has 0 radical (unpaired) electrons. The fourth-order valence-corrected chi connectivity index (χ4v) is 3.78. The molecular formula is C24H24O3. The van der Waals surface area contributed by atoms with Crippen LogP contribution in [0.2, 0.25) is 0 Å². The number of para-hydroxylation sites is 2. The zero-order valence-corrected chi connectivity index (χ0v) is 15.8. The van der Waals surface area contributed by atoms with Gasteiger partial charge >= 0.3 is 0 Å². The molecular weight excluding hydrogens is 336 g/mol. The van der Waals surface area contributed by atoms with Crippen molar-refractivity contribution < 1.29 is 14.2 Å². The Kier molecular flexibility index (Phi) is 5.01. The molecule has 4 rings (SSSR count). The summed E-state index contributed by atoms with van der Waals surface area (Å²) in [4.78, 5) is 0. The fourth-order valence-electron chi connectivity index (χ4n) is 3.78. The summed E-state index contributed by atoms with van der Waals surface area (Å²) in [7, 11) is 3.33. The molecule has 0 N–H and O–H groups in total. The van der Waals surface area contributed by atoms with Crippen LogP contribution in [-0.4, -0.2) is 20.3 Å². The molecule has 1 atom stereocenters. The van der Waals surface area contributed by atoms with Gasteiger partial charge in [0.05, 0.1) is 14.2 Å². The molecule has 0 fully saturated rings. The largest absolute Gasteiger partial charge is 0.493 e. The van der Waals surface area contributed by atoms with Gasteiger partial charge in [-0.15, -0.1) is 0 Å². The first-order valence-corrected chi connectivity index (χ1v) is 9.34. The van der Waals surface area contributed by atoms with E-state index in [2.05, 4.69) is 54.6 Å². The van der Waals surface area contributed by atoms with Crippen molar-refractivity contribution in [1.29, 1.82) is 0 Å². The highest BCUT2D eigenvalue weighted by Crippen LogP contribution is 2.45. The molecule has 27 heavy (non-hydrogen) atoms. The topological polar surface area (TPSA) is 27.7 Å². The lowest BCUT2D eigenvalue weighted by atomic mass is 9.98. The number of aryl methyl sites for hydroxylation is 1. The fraction of sp³-hybridized carbons (Fsp3) is 0.250. The molecule has 0 aromatic heterocycles. The van der Waals surface area contributed by atoms with Gasteiger partial charge in [0.2, 0.25) is 0 Å². The molecule has 1 aliphatic heterocycles. The van der Waals surface area contributed by atoms with E-state index in [-0.39, 0.29) is 6.10 Å². The van der Waals surface area contributed by atoms with Gasteiger partial charge in [0.25, 0.3) is 0 Å². The van der Waals surface area contributed by atoms with Gasteiger partial charge in [-0.3, -0.25) is 0 Å². The van der Waals surface area contributed by atoms with Crippen molar-refractivity contribution in [3.05, 3.63) is 77.9 Å². The Labute approximate surface area is 160 Å². The van der Waals surface area contributed by atoms with Crippen molar-refractivity contribution >= 4 is 0 Å². The summed E-state index contributed by atoms with van der Waals surface area (Å²) in [6, 6.07) is 22.9. The predicted octanol–water partition coefficient (Wildman–Crippen LogP) is 5.31. The van der Waals surface area contributed by atoms with Crippen LogP contribution in [0.15, 0.2) is 66.7 Å². The number of hydrogen-bond donors (Lipinski definition) is 0. The second-order valence-corrected chi connectivity index (χ2v) is 6.80. The highest BCUT2D eigenvalue weighted by Gasteiger charge is 2.27. The maximum absolute atomic E-state index is 6.39. The minimum Gasteiger partial charge on any atom is -0.493 e. The molecule has 1 unspecified atom stereocenters. The lowest BCUT2D eigenvalue weighted by Crippen LogP contribution is -2.13. The molecule has 0 aliphatic carbocycles. The number of rotatable bonds is 6. The first kappa shape index (κ1) is 17.5.